The summed E-state index contributed by atoms with van der Waals surface area (Å²) in [6.45, 7) is -0.286. The molecule has 0 radical (unpaired) electrons. The predicted octanol–water partition coefficient (Wildman–Crippen LogP) is 3.51. The van der Waals surface area contributed by atoms with Crippen molar-refractivity contribution in [1.29, 1.82) is 0 Å². The van der Waals surface area contributed by atoms with E-state index in [1.165, 1.54) is 0 Å². The third-order valence-electron chi connectivity index (χ3n) is 8.10. The first-order valence-corrected chi connectivity index (χ1v) is 12.9. The number of nitrogens with one attached hydrogen (secondary N) is 2. The summed E-state index contributed by atoms with van der Waals surface area (Å²) in [6.07, 6.45) is -12.1. The SMILES string of the molecule is O=C(COC1CC(OC(F)(F)F)C1)N[C@H]1C[C@H]2C[C@@H]1C[C@@H]2NC(=O)[C@H]1C[C@@H](O)c2cc(C(F)(F)F)c(F)cc2O1. The summed E-state index contributed by atoms with van der Waals surface area (Å²) in [5.41, 5.74) is -1.77. The molecule has 4 aliphatic rings. The fraction of sp³-hybridized carbons (Fsp3) is 0.680. The second-order valence-electron chi connectivity index (χ2n) is 10.8. The maximum atomic E-state index is 14.0. The lowest BCUT2D eigenvalue weighted by Gasteiger charge is -2.35. The zero-order valence-corrected chi connectivity index (χ0v) is 20.9. The first-order chi connectivity index (χ1) is 18.7. The van der Waals surface area contributed by atoms with Crippen molar-refractivity contribution in [3.05, 3.63) is 29.1 Å². The minimum absolute atomic E-state index is 0.0414. The van der Waals surface area contributed by atoms with Crippen molar-refractivity contribution in [2.45, 2.75) is 87.6 Å². The number of carbonyl (C=O) groups excluding carboxylic acids is 2. The Morgan fingerprint density at radius 3 is 2.17 bits per heavy atom. The highest BCUT2D eigenvalue weighted by Crippen LogP contribution is 2.45. The third-order valence-corrected chi connectivity index (χ3v) is 8.10. The second-order valence-corrected chi connectivity index (χ2v) is 10.8. The molecule has 15 heteroatoms. The summed E-state index contributed by atoms with van der Waals surface area (Å²) in [7, 11) is 0. The number of aliphatic hydroxyl groups excluding tert-OH is 1. The molecule has 1 heterocycles. The number of aliphatic hydroxyl groups is 1. The maximum absolute atomic E-state index is 14.0. The molecule has 3 fully saturated rings. The summed E-state index contributed by atoms with van der Waals surface area (Å²) < 4.78 is 104. The minimum atomic E-state index is -4.95. The second kappa shape index (κ2) is 10.6. The van der Waals surface area contributed by atoms with Crippen molar-refractivity contribution >= 4 is 11.8 Å². The number of ether oxygens (including phenoxy) is 3. The van der Waals surface area contributed by atoms with Gasteiger partial charge in [0.1, 0.15) is 18.2 Å². The molecule has 0 spiro atoms. The van der Waals surface area contributed by atoms with Crippen LogP contribution in [0.1, 0.15) is 55.8 Å². The fourth-order valence-corrected chi connectivity index (χ4v) is 6.13. The molecule has 1 aliphatic heterocycles. The molecule has 8 nitrogen and oxygen atoms in total. The van der Waals surface area contributed by atoms with Gasteiger partial charge in [-0.1, -0.05) is 0 Å². The van der Waals surface area contributed by atoms with E-state index in [9.17, 15) is 45.4 Å². The Morgan fingerprint density at radius 1 is 0.925 bits per heavy atom. The Balaban J connectivity index is 1.06. The van der Waals surface area contributed by atoms with Gasteiger partial charge in [0, 0.05) is 43.0 Å². The van der Waals surface area contributed by atoms with E-state index in [4.69, 9.17) is 9.47 Å². The Bertz CT molecular complexity index is 1140. The average Bonchev–Trinajstić information content (AvgIpc) is 3.38. The Labute approximate surface area is 223 Å². The van der Waals surface area contributed by atoms with Crippen LogP contribution in [0.15, 0.2) is 12.1 Å². The Hall–Kier alpha value is -2.65. The largest absolute Gasteiger partial charge is 0.522 e. The van der Waals surface area contributed by atoms with Gasteiger partial charge in [-0.15, -0.1) is 13.2 Å². The first kappa shape index (κ1) is 28.9. The number of amides is 2. The van der Waals surface area contributed by atoms with Crippen LogP contribution in [0.3, 0.4) is 0 Å². The van der Waals surface area contributed by atoms with E-state index < -0.39 is 54.2 Å². The van der Waals surface area contributed by atoms with Gasteiger partial charge in [-0.25, -0.2) is 4.39 Å². The molecule has 3 N–H and O–H groups in total. The highest BCUT2D eigenvalue weighted by Gasteiger charge is 2.48. The molecule has 6 atom stereocenters. The highest BCUT2D eigenvalue weighted by atomic mass is 19.4. The van der Waals surface area contributed by atoms with Gasteiger partial charge in [0.15, 0.2) is 6.10 Å². The van der Waals surface area contributed by atoms with E-state index in [1.807, 2.05) is 0 Å². The quantitative estimate of drug-likeness (QED) is 0.424. The van der Waals surface area contributed by atoms with Gasteiger partial charge < -0.3 is 25.2 Å². The molecule has 2 bridgehead atoms. The smallest absolute Gasteiger partial charge is 0.480 e. The molecule has 1 aromatic rings. The van der Waals surface area contributed by atoms with Crippen molar-refractivity contribution in [1.82, 2.24) is 10.6 Å². The Morgan fingerprint density at radius 2 is 1.57 bits per heavy atom. The molecule has 0 saturated heterocycles. The fourth-order valence-electron chi connectivity index (χ4n) is 6.13. The zero-order valence-electron chi connectivity index (χ0n) is 20.9. The van der Waals surface area contributed by atoms with Crippen LogP contribution >= 0.6 is 0 Å². The van der Waals surface area contributed by atoms with Crippen LogP contribution in [0.2, 0.25) is 0 Å². The van der Waals surface area contributed by atoms with Gasteiger partial charge in [-0.2, -0.15) is 13.2 Å². The molecule has 1 aromatic carbocycles. The lowest BCUT2D eigenvalue weighted by Crippen LogP contribution is -2.50. The topological polar surface area (TPSA) is 106 Å². The van der Waals surface area contributed by atoms with Crippen LogP contribution in [0.5, 0.6) is 5.75 Å². The molecule has 0 aromatic heterocycles. The monoisotopic (exact) mass is 584 g/mol. The number of hydrogen-bond acceptors (Lipinski definition) is 6. The van der Waals surface area contributed by atoms with Crippen molar-refractivity contribution < 1.29 is 59.6 Å². The van der Waals surface area contributed by atoms with Crippen molar-refractivity contribution in [2.24, 2.45) is 11.8 Å². The van der Waals surface area contributed by atoms with Crippen molar-refractivity contribution in [3.63, 3.8) is 0 Å². The molecule has 0 unspecified atom stereocenters. The molecule has 2 amide bonds. The van der Waals surface area contributed by atoms with E-state index in [2.05, 4.69) is 15.4 Å². The molecule has 5 rings (SSSR count). The van der Waals surface area contributed by atoms with E-state index in [-0.39, 0.29) is 67.0 Å². The van der Waals surface area contributed by atoms with Crippen molar-refractivity contribution in [2.75, 3.05) is 6.61 Å². The lowest BCUT2D eigenvalue weighted by molar-refractivity contribution is -0.357. The molecular weight excluding hydrogens is 557 g/mol. The summed E-state index contributed by atoms with van der Waals surface area (Å²) in [6, 6.07) is 0.621. The van der Waals surface area contributed by atoms with Gasteiger partial charge in [-0.05, 0) is 37.2 Å². The van der Waals surface area contributed by atoms with E-state index >= 15 is 0 Å². The van der Waals surface area contributed by atoms with Crippen LogP contribution in [0, 0.1) is 17.7 Å². The molecule has 40 heavy (non-hydrogen) atoms. The van der Waals surface area contributed by atoms with Gasteiger partial charge in [0.05, 0.1) is 23.9 Å². The molecule has 222 valence electrons. The van der Waals surface area contributed by atoms with Gasteiger partial charge in [-0.3, -0.25) is 14.3 Å². The number of hydrogen-bond donors (Lipinski definition) is 3. The number of fused-ring (bicyclic) bond motifs is 3. The van der Waals surface area contributed by atoms with Gasteiger partial charge >= 0.3 is 12.5 Å². The normalized spacial score (nSPS) is 33.1. The lowest BCUT2D eigenvalue weighted by atomic mass is 9.90. The number of halogens is 7. The van der Waals surface area contributed by atoms with Crippen LogP contribution in [0.25, 0.3) is 0 Å². The highest BCUT2D eigenvalue weighted by molar-refractivity contribution is 5.82. The molecular formula is C25H27F7N2O6. The van der Waals surface area contributed by atoms with Crippen LogP contribution in [-0.2, 0) is 25.2 Å². The number of alkyl halides is 6. The number of rotatable bonds is 7. The van der Waals surface area contributed by atoms with E-state index in [0.29, 0.717) is 25.0 Å². The number of carbonyl (C=O) groups is 2. The third kappa shape index (κ3) is 6.30. The van der Waals surface area contributed by atoms with E-state index in [0.717, 1.165) is 6.42 Å². The molecule has 3 saturated carbocycles. The summed E-state index contributed by atoms with van der Waals surface area (Å²) in [4.78, 5) is 25.1. The van der Waals surface area contributed by atoms with Crippen LogP contribution in [0.4, 0.5) is 30.7 Å². The summed E-state index contributed by atoms with van der Waals surface area (Å²) in [5.74, 6) is -2.75. The standard InChI is InChI=1S/C25H27F7N2O6/c26-16-7-20-14(6-15(16)24(27,28)29)19(35)8-21(39-20)23(37)34-18-3-10-1-11(18)2-17(10)33-22(36)9-38-12-4-13(5-12)40-25(30,31)32/h6-7,10-13,17-19,21,35H,1-5,8-9H2,(H,33,36)(H,34,37)/t10-,11-,12?,13?,17+,18+,19-,21-/m1/s1. The molecule has 3 aliphatic carbocycles. The maximum Gasteiger partial charge on any atom is 0.522 e. The number of benzene rings is 1. The van der Waals surface area contributed by atoms with Gasteiger partial charge in [0.25, 0.3) is 5.91 Å². The Kier molecular flexibility index (Phi) is 7.68. The van der Waals surface area contributed by atoms with Gasteiger partial charge in [0.2, 0.25) is 5.91 Å². The predicted molar refractivity (Wildman–Crippen MR) is 120 cm³/mol. The van der Waals surface area contributed by atoms with Crippen molar-refractivity contribution in [3.8, 4) is 5.75 Å². The van der Waals surface area contributed by atoms with Crippen LogP contribution in [-0.4, -0.2) is 60.3 Å². The average molecular weight is 584 g/mol. The zero-order chi connectivity index (χ0) is 29.0. The summed E-state index contributed by atoms with van der Waals surface area (Å²) >= 11 is 0. The van der Waals surface area contributed by atoms with E-state index in [1.54, 1.807) is 0 Å². The van der Waals surface area contributed by atoms with Crippen LogP contribution < -0.4 is 15.4 Å². The minimum Gasteiger partial charge on any atom is -0.480 e. The summed E-state index contributed by atoms with van der Waals surface area (Å²) in [5, 5.41) is 16.1. The first-order valence-electron chi connectivity index (χ1n) is 12.9.